The van der Waals surface area contributed by atoms with Crippen LogP contribution in [0.2, 0.25) is 0 Å². The minimum absolute atomic E-state index is 0.0137. The lowest BCUT2D eigenvalue weighted by Crippen LogP contribution is -2.45. The third kappa shape index (κ3) is 51.2. The lowest BCUT2D eigenvalue weighted by atomic mass is 10.0. The van der Waals surface area contributed by atoms with Crippen LogP contribution in [0.25, 0.3) is 0 Å². The van der Waals surface area contributed by atoms with Gasteiger partial charge in [0, 0.05) is 12.8 Å². The minimum atomic E-state index is -0.854. The van der Waals surface area contributed by atoms with Gasteiger partial charge in [-0.25, -0.2) is 0 Å². The second-order valence-corrected chi connectivity index (χ2v) is 19.6. The van der Waals surface area contributed by atoms with Crippen LogP contribution >= 0.6 is 0 Å². The zero-order valence-corrected chi connectivity index (χ0v) is 43.9. The summed E-state index contributed by atoms with van der Waals surface area (Å²) in [4.78, 5) is 24.5. The Balaban J connectivity index is 3.50. The van der Waals surface area contributed by atoms with Gasteiger partial charge in [0.25, 0.3) is 0 Å². The lowest BCUT2D eigenvalue weighted by molar-refractivity contribution is -0.143. The maximum absolute atomic E-state index is 12.5. The highest BCUT2D eigenvalue weighted by molar-refractivity contribution is 5.76. The van der Waals surface area contributed by atoms with E-state index in [9.17, 15) is 19.8 Å². The number of hydrogen-bond acceptors (Lipinski definition) is 5. The lowest BCUT2D eigenvalue weighted by Gasteiger charge is -2.20. The summed E-state index contributed by atoms with van der Waals surface area (Å²) < 4.78 is 5.45. The van der Waals surface area contributed by atoms with E-state index in [4.69, 9.17) is 4.74 Å². The van der Waals surface area contributed by atoms with Crippen molar-refractivity contribution in [1.82, 2.24) is 5.32 Å². The first-order valence-corrected chi connectivity index (χ1v) is 28.9. The monoisotopic (exact) mass is 926 g/mol. The van der Waals surface area contributed by atoms with Crippen LogP contribution in [-0.4, -0.2) is 47.4 Å². The molecule has 0 saturated heterocycles. The molecule has 6 nitrogen and oxygen atoms in total. The molecule has 6 heteroatoms. The first-order chi connectivity index (χ1) is 32.5. The molecule has 0 saturated carbocycles. The van der Waals surface area contributed by atoms with Gasteiger partial charge in [-0.1, -0.05) is 249 Å². The van der Waals surface area contributed by atoms with Gasteiger partial charge in [-0.2, -0.15) is 0 Å². The molecule has 1 amide bonds. The summed E-state index contributed by atoms with van der Waals surface area (Å²) >= 11 is 0. The highest BCUT2D eigenvalue weighted by Crippen LogP contribution is 2.16. The molecule has 2 atom stereocenters. The second-order valence-electron chi connectivity index (χ2n) is 19.6. The van der Waals surface area contributed by atoms with E-state index in [0.717, 1.165) is 70.6 Å². The van der Waals surface area contributed by atoms with Crippen molar-refractivity contribution in [2.24, 2.45) is 0 Å². The molecule has 0 heterocycles. The molecule has 0 aromatic carbocycles. The summed E-state index contributed by atoms with van der Waals surface area (Å²) in [5, 5.41) is 23.1. The van der Waals surface area contributed by atoms with Gasteiger partial charge in [0.1, 0.15) is 0 Å². The molecular formula is C60H111NO5. The van der Waals surface area contributed by atoms with E-state index in [1.807, 2.05) is 6.08 Å². The number of nitrogens with one attached hydrogen (secondary N) is 1. The van der Waals surface area contributed by atoms with Crippen LogP contribution in [0, 0.1) is 0 Å². The smallest absolute Gasteiger partial charge is 0.305 e. The highest BCUT2D eigenvalue weighted by Gasteiger charge is 2.18. The number of allylic oxidation sites excluding steroid dienone is 7. The van der Waals surface area contributed by atoms with Gasteiger partial charge in [-0.3, -0.25) is 9.59 Å². The Kier molecular flexibility index (Phi) is 53.6. The van der Waals surface area contributed by atoms with Gasteiger partial charge in [0.05, 0.1) is 25.4 Å². The van der Waals surface area contributed by atoms with E-state index >= 15 is 0 Å². The van der Waals surface area contributed by atoms with Crippen LogP contribution in [0.15, 0.2) is 48.6 Å². The molecule has 0 aliphatic rings. The number of hydrogen-bond donors (Lipinski definition) is 3. The molecule has 0 aromatic heterocycles. The molecule has 0 spiro atoms. The maximum Gasteiger partial charge on any atom is 0.305 e. The standard InChI is InChI=1S/C60H111NO5/c1-3-5-7-9-11-13-15-17-18-19-22-25-29-32-36-40-44-48-52-58(63)57(56-62)61-59(64)53-49-45-41-37-33-30-26-23-20-21-24-27-31-35-39-43-47-51-55-66-60(65)54-50-46-42-38-34-28-16-14-12-10-8-6-4-2/h8,10,14,16,23,26,48,52,57-58,62-63H,3-7,9,11-13,15,17-22,24-25,27-47,49-51,53-56H2,1-2H3,(H,61,64)/b10-8-,16-14-,26-23-,52-48+. The fraction of sp³-hybridized carbons (Fsp3) is 0.833. The molecule has 2 unspecified atom stereocenters. The van der Waals surface area contributed by atoms with Gasteiger partial charge in [-0.15, -0.1) is 0 Å². The van der Waals surface area contributed by atoms with Crippen LogP contribution in [0.5, 0.6) is 0 Å². The number of carbonyl (C=O) groups is 2. The Labute approximate surface area is 410 Å². The third-order valence-electron chi connectivity index (χ3n) is 13.0. The summed E-state index contributed by atoms with van der Waals surface area (Å²) in [6.07, 6.45) is 69.8. The Morgan fingerprint density at radius 2 is 0.788 bits per heavy atom. The number of amides is 1. The van der Waals surface area contributed by atoms with Gasteiger partial charge >= 0.3 is 5.97 Å². The number of ether oxygens (including phenoxy) is 1. The molecule has 386 valence electrons. The first-order valence-electron chi connectivity index (χ1n) is 28.9. The van der Waals surface area contributed by atoms with E-state index in [1.165, 1.54) is 199 Å². The Hall–Kier alpha value is -2.18. The van der Waals surface area contributed by atoms with Crippen LogP contribution in [0.1, 0.15) is 296 Å². The molecular weight excluding hydrogens is 815 g/mol. The third-order valence-corrected chi connectivity index (χ3v) is 13.0. The molecule has 0 aromatic rings. The second kappa shape index (κ2) is 55.4. The van der Waals surface area contributed by atoms with Crippen LogP contribution in [0.3, 0.4) is 0 Å². The van der Waals surface area contributed by atoms with Gasteiger partial charge < -0.3 is 20.3 Å². The van der Waals surface area contributed by atoms with Crippen molar-refractivity contribution < 1.29 is 24.5 Å². The molecule has 3 N–H and O–H groups in total. The van der Waals surface area contributed by atoms with Gasteiger partial charge in [0.15, 0.2) is 0 Å². The summed E-state index contributed by atoms with van der Waals surface area (Å²) in [6.45, 7) is 4.82. The number of aliphatic hydroxyl groups is 2. The first kappa shape index (κ1) is 63.8. The maximum atomic E-state index is 12.5. The number of aliphatic hydroxyl groups excluding tert-OH is 2. The number of carbonyl (C=O) groups excluding carboxylic acids is 2. The van der Waals surface area contributed by atoms with E-state index in [0.29, 0.717) is 19.4 Å². The quantitative estimate of drug-likeness (QED) is 0.0321. The fourth-order valence-corrected chi connectivity index (χ4v) is 8.61. The van der Waals surface area contributed by atoms with Gasteiger partial charge in [-0.05, 0) is 83.5 Å². The summed E-state index contributed by atoms with van der Waals surface area (Å²) in [5.41, 5.74) is 0. The van der Waals surface area contributed by atoms with Crippen LogP contribution in [0.4, 0.5) is 0 Å². The van der Waals surface area contributed by atoms with Crippen LogP contribution < -0.4 is 5.32 Å². The zero-order chi connectivity index (χ0) is 47.9. The molecule has 0 aliphatic carbocycles. The summed E-state index contributed by atoms with van der Waals surface area (Å²) in [5.74, 6) is -0.0957. The fourth-order valence-electron chi connectivity index (χ4n) is 8.61. The summed E-state index contributed by atoms with van der Waals surface area (Å²) in [7, 11) is 0. The Bertz CT molecular complexity index is 1110. The van der Waals surface area contributed by atoms with E-state index < -0.39 is 12.1 Å². The molecule has 0 bridgehead atoms. The molecule has 0 fully saturated rings. The van der Waals surface area contributed by atoms with Crippen molar-refractivity contribution in [1.29, 1.82) is 0 Å². The van der Waals surface area contributed by atoms with Crippen molar-refractivity contribution >= 4 is 11.9 Å². The van der Waals surface area contributed by atoms with E-state index in [1.54, 1.807) is 6.08 Å². The Morgan fingerprint density at radius 3 is 1.23 bits per heavy atom. The Morgan fingerprint density at radius 1 is 0.424 bits per heavy atom. The highest BCUT2D eigenvalue weighted by atomic mass is 16.5. The van der Waals surface area contributed by atoms with Crippen molar-refractivity contribution in [3.05, 3.63) is 48.6 Å². The largest absolute Gasteiger partial charge is 0.466 e. The minimum Gasteiger partial charge on any atom is -0.466 e. The SMILES string of the molecule is CCC/C=C\C/C=C\CCCCCCCC(=O)OCCCCCCCCCCC/C=C\CCCCCCCC(=O)NC(CO)C(O)/C=C/CCCCCCCCCCCCCCCCCC. The number of rotatable bonds is 53. The van der Waals surface area contributed by atoms with Crippen LogP contribution in [-0.2, 0) is 14.3 Å². The zero-order valence-electron chi connectivity index (χ0n) is 43.9. The average molecular weight is 927 g/mol. The molecule has 66 heavy (non-hydrogen) atoms. The predicted octanol–water partition coefficient (Wildman–Crippen LogP) is 17.8. The predicted molar refractivity (Wildman–Crippen MR) is 287 cm³/mol. The summed E-state index contributed by atoms with van der Waals surface area (Å²) in [6, 6.07) is -0.639. The van der Waals surface area contributed by atoms with Crippen molar-refractivity contribution in [3.63, 3.8) is 0 Å². The van der Waals surface area contributed by atoms with Gasteiger partial charge in [0.2, 0.25) is 5.91 Å². The molecule has 0 radical (unpaired) electrons. The molecule has 0 aliphatic heterocycles. The molecule has 0 rings (SSSR count). The normalized spacial score (nSPS) is 13.0. The topological polar surface area (TPSA) is 95.9 Å². The van der Waals surface area contributed by atoms with E-state index in [2.05, 4.69) is 55.6 Å². The van der Waals surface area contributed by atoms with Crippen molar-refractivity contribution in [2.45, 2.75) is 309 Å². The van der Waals surface area contributed by atoms with Crippen molar-refractivity contribution in [2.75, 3.05) is 13.2 Å². The number of esters is 1. The van der Waals surface area contributed by atoms with Crippen molar-refractivity contribution in [3.8, 4) is 0 Å². The van der Waals surface area contributed by atoms with E-state index in [-0.39, 0.29) is 18.5 Å². The number of unbranched alkanes of at least 4 members (excludes halogenated alkanes) is 36. The average Bonchev–Trinajstić information content (AvgIpc) is 3.32.